The van der Waals surface area contributed by atoms with Gasteiger partial charge in [-0.15, -0.1) is 0 Å². The third kappa shape index (κ3) is 16.4. The Labute approximate surface area is 422 Å². The summed E-state index contributed by atoms with van der Waals surface area (Å²) in [5, 5.41) is 21.3. The van der Waals surface area contributed by atoms with E-state index in [1.807, 2.05) is 5.32 Å². The largest absolute Gasteiger partial charge is 0.481 e. The van der Waals surface area contributed by atoms with Gasteiger partial charge in [0.25, 0.3) is 15.7 Å². The average Bonchev–Trinajstić information content (AvgIpc) is 3.33. The van der Waals surface area contributed by atoms with Crippen LogP contribution in [0.3, 0.4) is 0 Å². The number of fused-ring (bicyclic) bond motifs is 1. The van der Waals surface area contributed by atoms with Gasteiger partial charge >= 0.3 is 36.3 Å². The fourth-order valence-corrected chi connectivity index (χ4v) is 6.97. The number of carbonyl (C=O) groups is 4. The van der Waals surface area contributed by atoms with Gasteiger partial charge in [-0.05, 0) is 74.5 Å². The number of hydrogen-bond acceptors (Lipinski definition) is 18. The van der Waals surface area contributed by atoms with Gasteiger partial charge in [-0.2, -0.15) is 44.7 Å². The molecule has 0 aliphatic carbocycles. The zero-order valence-corrected chi connectivity index (χ0v) is 40.3. The molecule has 3 heterocycles. The van der Waals surface area contributed by atoms with Crippen LogP contribution >= 0.6 is 23.2 Å². The standard InChI is InChI=1S/C19H15ClF3NO7.C13H12F3N5O5S.C11H8ClNO3/c1-3-29-17(25)10(2)30-18(26)13-9-12(5-6-15(13)24(27)28)31-16-7-4-11(8-14(16)20)19(21,22)23;1-25-8-6-9(26-2)19-11(18-8)20-12(22)21-27(23,24)10-7(13(14,15)16)4-3-5-17-10;12-8-3-4-9(16-6-10(14)15)11-7(8)2-1-5-13-11/h4-10H,3H2,1-2H3;3-6H,1-2H3,(H2,18,19,20,21,22);1-5H,6H2,(H,14,15). The molecule has 0 radical (unpaired) electrons. The number of nitro groups is 1. The smallest absolute Gasteiger partial charge is 0.419 e. The number of urea groups is 1. The number of esters is 2. The number of aromatic nitrogens is 4. The summed E-state index contributed by atoms with van der Waals surface area (Å²) >= 11 is 11.8. The van der Waals surface area contributed by atoms with Crippen LogP contribution in [0.5, 0.6) is 29.0 Å². The molecule has 0 saturated heterocycles. The summed E-state index contributed by atoms with van der Waals surface area (Å²) in [5.41, 5.74) is -3.12. The Kier molecular flexibility index (Phi) is 20.0. The normalized spacial score (nSPS) is 11.5. The number of carboxylic acid groups (broad SMARTS) is 1. The summed E-state index contributed by atoms with van der Waals surface area (Å²) in [7, 11) is -2.39. The van der Waals surface area contributed by atoms with Crippen LogP contribution in [-0.4, -0.2) is 95.9 Å². The van der Waals surface area contributed by atoms with Gasteiger partial charge in [-0.3, -0.25) is 20.4 Å². The molecular formula is C43H35Cl2F6N7O15S. The SMILES string of the molecule is CCOC(=O)C(C)OC(=O)c1cc(Oc2ccc(C(F)(F)F)cc2Cl)ccc1[N+](=O)[O-].COc1cc(OC)nc(NC(=O)NS(=O)(=O)c2ncccc2C(F)(F)F)n1.O=C(O)COc1ccc(Cl)c2cccnc12. The van der Waals surface area contributed by atoms with Gasteiger partial charge in [-0.1, -0.05) is 23.2 Å². The van der Waals surface area contributed by atoms with Crippen LogP contribution in [0.25, 0.3) is 10.9 Å². The topological polar surface area (TPSA) is 297 Å². The van der Waals surface area contributed by atoms with Crippen molar-refractivity contribution in [2.45, 2.75) is 37.3 Å². The van der Waals surface area contributed by atoms with Crippen molar-refractivity contribution >= 4 is 79.7 Å². The molecule has 6 aromatic rings. The molecule has 0 aliphatic heterocycles. The van der Waals surface area contributed by atoms with Crippen LogP contribution in [0.2, 0.25) is 10.0 Å². The highest BCUT2D eigenvalue weighted by Crippen LogP contribution is 2.38. The number of carboxylic acids is 1. The molecule has 1 unspecified atom stereocenters. The number of pyridine rings is 2. The van der Waals surface area contributed by atoms with Gasteiger partial charge in [0.2, 0.25) is 17.7 Å². The van der Waals surface area contributed by atoms with E-state index in [4.69, 9.17) is 56.7 Å². The second-order valence-corrected chi connectivity index (χ2v) is 16.2. The summed E-state index contributed by atoms with van der Waals surface area (Å²) in [6.45, 7) is 2.42. The van der Waals surface area contributed by atoms with Gasteiger partial charge in [0.15, 0.2) is 17.7 Å². The van der Waals surface area contributed by atoms with Crippen LogP contribution in [0, 0.1) is 10.1 Å². The molecule has 3 aromatic carbocycles. The predicted octanol–water partition coefficient (Wildman–Crippen LogP) is 8.94. The van der Waals surface area contributed by atoms with Gasteiger partial charge < -0.3 is 33.5 Å². The fourth-order valence-electron chi connectivity index (χ4n) is 5.48. The number of methoxy groups -OCH3 is 2. The molecule has 394 valence electrons. The first-order valence-electron chi connectivity index (χ1n) is 20.1. The first-order chi connectivity index (χ1) is 34.7. The highest BCUT2D eigenvalue weighted by molar-refractivity contribution is 7.90. The van der Waals surface area contributed by atoms with Crippen molar-refractivity contribution in [3.8, 4) is 29.0 Å². The van der Waals surface area contributed by atoms with E-state index in [0.717, 1.165) is 48.0 Å². The molecule has 22 nitrogen and oxygen atoms in total. The molecule has 0 fully saturated rings. The van der Waals surface area contributed by atoms with Crippen LogP contribution in [0.1, 0.15) is 35.3 Å². The number of amides is 2. The molecule has 3 N–H and O–H groups in total. The van der Waals surface area contributed by atoms with Crippen molar-refractivity contribution in [2.75, 3.05) is 32.8 Å². The third-order valence-electron chi connectivity index (χ3n) is 8.69. The predicted molar refractivity (Wildman–Crippen MR) is 245 cm³/mol. The molecule has 1 atom stereocenters. The van der Waals surface area contributed by atoms with Crippen molar-refractivity contribution in [3.05, 3.63) is 128 Å². The Morgan fingerprint density at radius 3 is 2.05 bits per heavy atom. The lowest BCUT2D eigenvalue weighted by Gasteiger charge is -2.13. The maximum atomic E-state index is 12.9. The number of halogens is 8. The van der Waals surface area contributed by atoms with Crippen molar-refractivity contribution < 1.29 is 92.4 Å². The van der Waals surface area contributed by atoms with Crippen LogP contribution in [-0.2, 0) is 41.4 Å². The van der Waals surface area contributed by atoms with E-state index >= 15 is 0 Å². The van der Waals surface area contributed by atoms with E-state index < -0.39 is 97.3 Å². The lowest BCUT2D eigenvalue weighted by molar-refractivity contribution is -0.385. The summed E-state index contributed by atoms with van der Waals surface area (Å²) < 4.78 is 133. The zero-order valence-electron chi connectivity index (χ0n) is 38.0. The Morgan fingerprint density at radius 1 is 0.838 bits per heavy atom. The number of anilines is 1. The summed E-state index contributed by atoms with van der Waals surface area (Å²) in [5.74, 6) is -3.39. The van der Waals surface area contributed by atoms with E-state index in [-0.39, 0.29) is 34.9 Å². The number of aliphatic carboxylic acids is 1. The van der Waals surface area contributed by atoms with Crippen LogP contribution < -0.4 is 29.0 Å². The molecule has 31 heteroatoms. The van der Waals surface area contributed by atoms with Gasteiger partial charge in [-0.25, -0.2) is 28.9 Å². The van der Waals surface area contributed by atoms with Gasteiger partial charge in [0, 0.05) is 29.9 Å². The van der Waals surface area contributed by atoms with Crippen LogP contribution in [0.4, 0.5) is 42.8 Å². The Balaban J connectivity index is 0.000000251. The second kappa shape index (κ2) is 25.4. The number of nitrogens with zero attached hydrogens (tertiary/aromatic N) is 5. The van der Waals surface area contributed by atoms with Gasteiger partial charge in [0.1, 0.15) is 28.3 Å². The minimum absolute atomic E-state index is 0.0101. The monoisotopic (exact) mass is 1110 g/mol. The number of benzene rings is 3. The maximum Gasteiger partial charge on any atom is 0.419 e. The average molecular weight is 1110 g/mol. The minimum atomic E-state index is -4.99. The number of nitrogens with one attached hydrogen (secondary N) is 2. The molecule has 0 bridgehead atoms. The summed E-state index contributed by atoms with van der Waals surface area (Å²) in [6, 6.07) is 13.5. The highest BCUT2D eigenvalue weighted by Gasteiger charge is 2.39. The zero-order chi connectivity index (χ0) is 55.1. The van der Waals surface area contributed by atoms with E-state index in [2.05, 4.69) is 19.9 Å². The molecule has 3 aromatic heterocycles. The molecule has 0 spiro atoms. The van der Waals surface area contributed by atoms with Crippen molar-refractivity contribution in [3.63, 3.8) is 0 Å². The Bertz CT molecular complexity index is 3140. The van der Waals surface area contributed by atoms with Crippen molar-refractivity contribution in [1.82, 2.24) is 24.7 Å². The number of hydrogen-bond donors (Lipinski definition) is 3. The Morgan fingerprint density at radius 2 is 1.47 bits per heavy atom. The third-order valence-corrected chi connectivity index (χ3v) is 10.6. The second-order valence-electron chi connectivity index (χ2n) is 13.8. The first-order valence-corrected chi connectivity index (χ1v) is 22.3. The molecule has 74 heavy (non-hydrogen) atoms. The van der Waals surface area contributed by atoms with Crippen LogP contribution in [0.15, 0.2) is 96.3 Å². The highest BCUT2D eigenvalue weighted by atomic mass is 35.5. The Hall–Kier alpha value is -8.31. The number of sulfonamides is 1. The summed E-state index contributed by atoms with van der Waals surface area (Å²) in [4.78, 5) is 71.5. The molecule has 2 amide bonds. The minimum Gasteiger partial charge on any atom is -0.481 e. The quantitative estimate of drug-likeness (QED) is 0.0374. The van der Waals surface area contributed by atoms with Gasteiger partial charge in [0.05, 0.1) is 53.0 Å². The maximum absolute atomic E-state index is 12.9. The fraction of sp³-hybridized carbons (Fsp3) is 0.209. The molecule has 0 saturated carbocycles. The molecule has 6 rings (SSSR count). The van der Waals surface area contributed by atoms with Crippen molar-refractivity contribution in [2.24, 2.45) is 0 Å². The molecule has 0 aliphatic rings. The van der Waals surface area contributed by atoms with E-state index in [9.17, 15) is 64.1 Å². The van der Waals surface area contributed by atoms with E-state index in [1.54, 1.807) is 37.4 Å². The number of rotatable bonds is 15. The molecular weight excluding hydrogens is 1070 g/mol. The lowest BCUT2D eigenvalue weighted by Crippen LogP contribution is -2.36. The van der Waals surface area contributed by atoms with E-state index in [1.165, 1.54) is 31.9 Å². The number of ether oxygens (including phenoxy) is 6. The van der Waals surface area contributed by atoms with Crippen molar-refractivity contribution in [1.29, 1.82) is 0 Å². The lowest BCUT2D eigenvalue weighted by atomic mass is 10.1. The number of carbonyl (C=O) groups excluding carboxylic acids is 3. The summed E-state index contributed by atoms with van der Waals surface area (Å²) in [6.07, 6.45) is -8.48. The first kappa shape index (κ1) is 58.3. The number of nitro benzene ring substituents is 1. The number of alkyl halides is 6. The van der Waals surface area contributed by atoms with E-state index in [0.29, 0.717) is 28.4 Å².